The fraction of sp³-hybridized carbons (Fsp3) is 0.323. The lowest BCUT2D eigenvalue weighted by atomic mass is 9.94. The highest BCUT2D eigenvalue weighted by Crippen LogP contribution is 2.42. The van der Waals surface area contributed by atoms with E-state index in [0.717, 1.165) is 44.5 Å². The van der Waals surface area contributed by atoms with Gasteiger partial charge in [-0.05, 0) is 62.6 Å². The van der Waals surface area contributed by atoms with Gasteiger partial charge in [-0.25, -0.2) is 0 Å². The zero-order chi connectivity index (χ0) is 25.4. The molecule has 3 aromatic carbocycles. The van der Waals surface area contributed by atoms with E-state index in [-0.39, 0.29) is 18.1 Å². The number of morpholine rings is 1. The summed E-state index contributed by atoms with van der Waals surface area (Å²) in [6, 6.07) is 16.8. The molecular formula is C31H33NO4. The molecule has 1 amide bonds. The van der Waals surface area contributed by atoms with E-state index in [1.807, 2.05) is 45.8 Å². The number of carbonyl (C=O) groups excluding carboxylic acids is 1. The first-order valence-electron chi connectivity index (χ1n) is 12.7. The van der Waals surface area contributed by atoms with Gasteiger partial charge in [0.15, 0.2) is 0 Å². The summed E-state index contributed by atoms with van der Waals surface area (Å²) < 4.78 is 18.0. The topological polar surface area (TPSA) is 51.9 Å². The van der Waals surface area contributed by atoms with E-state index in [4.69, 9.17) is 13.9 Å². The predicted molar refractivity (Wildman–Crippen MR) is 145 cm³/mol. The normalized spacial score (nSPS) is 18.7. The average Bonchev–Trinajstić information content (AvgIpc) is 3.28. The van der Waals surface area contributed by atoms with Crippen molar-refractivity contribution in [2.45, 2.75) is 46.8 Å². The molecule has 0 aliphatic carbocycles. The molecule has 5 nitrogen and oxygen atoms in total. The third-order valence-corrected chi connectivity index (χ3v) is 6.91. The van der Waals surface area contributed by atoms with Crippen molar-refractivity contribution in [2.24, 2.45) is 0 Å². The molecule has 4 aromatic rings. The van der Waals surface area contributed by atoms with E-state index in [1.165, 1.54) is 10.8 Å². The number of aryl methyl sites for hydroxylation is 1. The molecule has 0 radical (unpaired) electrons. The summed E-state index contributed by atoms with van der Waals surface area (Å²) in [5.41, 5.74) is 5.67. The molecule has 2 heterocycles. The molecule has 2 unspecified atom stereocenters. The van der Waals surface area contributed by atoms with Crippen LogP contribution in [0.5, 0.6) is 5.75 Å². The van der Waals surface area contributed by atoms with Crippen LogP contribution in [0.3, 0.4) is 0 Å². The highest BCUT2D eigenvalue weighted by molar-refractivity contribution is 6.07. The van der Waals surface area contributed by atoms with Gasteiger partial charge in [-0.2, -0.15) is 0 Å². The van der Waals surface area contributed by atoms with Gasteiger partial charge in [-0.3, -0.25) is 4.79 Å². The van der Waals surface area contributed by atoms with Crippen LogP contribution in [0.25, 0.3) is 38.4 Å². The lowest BCUT2D eigenvalue weighted by molar-refractivity contribution is -0.137. The molecule has 0 spiro atoms. The maximum Gasteiger partial charge on any atom is 0.247 e. The molecule has 0 bridgehead atoms. The number of rotatable bonds is 5. The Balaban J connectivity index is 1.63. The molecule has 1 saturated heterocycles. The Morgan fingerprint density at radius 3 is 2.53 bits per heavy atom. The van der Waals surface area contributed by atoms with Crippen molar-refractivity contribution in [1.82, 2.24) is 4.90 Å². The average molecular weight is 484 g/mol. The second-order valence-electron chi connectivity index (χ2n) is 9.69. The summed E-state index contributed by atoms with van der Waals surface area (Å²) in [5.74, 6) is 0.755. The Hall–Kier alpha value is -3.57. The standard InChI is InChI=1S/C31H33NO4/c1-6-34-30-22(5)31-27(28(18-35-31)25-13-9-11-23-10-7-8-12-24(23)25)15-26(30)19(2)14-29(33)32-16-20(3)36-21(4)17-32/h7-15,18,20-21H,6,16-17H2,1-5H3/b19-14+. The van der Waals surface area contributed by atoms with E-state index in [0.29, 0.717) is 19.7 Å². The molecule has 5 heteroatoms. The van der Waals surface area contributed by atoms with Gasteiger partial charge in [0, 0.05) is 41.2 Å². The lowest BCUT2D eigenvalue weighted by Crippen LogP contribution is -2.47. The zero-order valence-electron chi connectivity index (χ0n) is 21.6. The van der Waals surface area contributed by atoms with Crippen molar-refractivity contribution in [2.75, 3.05) is 19.7 Å². The highest BCUT2D eigenvalue weighted by atomic mass is 16.5. The second-order valence-corrected chi connectivity index (χ2v) is 9.69. The van der Waals surface area contributed by atoms with E-state index < -0.39 is 0 Å². The third kappa shape index (κ3) is 4.40. The number of benzene rings is 3. The molecule has 1 aromatic heterocycles. The monoisotopic (exact) mass is 483 g/mol. The van der Waals surface area contributed by atoms with Crippen LogP contribution in [0.1, 0.15) is 38.8 Å². The Morgan fingerprint density at radius 1 is 1.06 bits per heavy atom. The lowest BCUT2D eigenvalue weighted by Gasteiger charge is -2.34. The molecule has 1 fully saturated rings. The molecule has 5 rings (SSSR count). The SMILES string of the molecule is CCOc1c(/C(C)=C/C(=O)N2CC(C)OC(C)C2)cc2c(-c3cccc4ccccc34)coc2c1C. The largest absolute Gasteiger partial charge is 0.493 e. The van der Waals surface area contributed by atoms with Crippen LogP contribution in [0.4, 0.5) is 0 Å². The van der Waals surface area contributed by atoms with Crippen LogP contribution in [0, 0.1) is 6.92 Å². The second kappa shape index (κ2) is 9.82. The van der Waals surface area contributed by atoms with Gasteiger partial charge in [0.05, 0.1) is 25.1 Å². The zero-order valence-corrected chi connectivity index (χ0v) is 21.6. The van der Waals surface area contributed by atoms with Crippen molar-refractivity contribution < 1.29 is 18.7 Å². The number of hydrogen-bond donors (Lipinski definition) is 0. The van der Waals surface area contributed by atoms with E-state index >= 15 is 0 Å². The molecule has 0 saturated carbocycles. The summed E-state index contributed by atoms with van der Waals surface area (Å²) in [6.45, 7) is 11.7. The Labute approximate surface area is 212 Å². The first-order valence-corrected chi connectivity index (χ1v) is 12.7. The van der Waals surface area contributed by atoms with Gasteiger partial charge >= 0.3 is 0 Å². The van der Waals surface area contributed by atoms with Crippen LogP contribution in [-0.4, -0.2) is 42.7 Å². The van der Waals surface area contributed by atoms with Crippen molar-refractivity contribution in [3.05, 3.63) is 72.0 Å². The minimum atomic E-state index is -0.00355. The van der Waals surface area contributed by atoms with Gasteiger partial charge in [0.25, 0.3) is 0 Å². The molecule has 186 valence electrons. The number of fused-ring (bicyclic) bond motifs is 2. The first kappa shape index (κ1) is 24.1. The van der Waals surface area contributed by atoms with E-state index in [9.17, 15) is 4.79 Å². The van der Waals surface area contributed by atoms with Crippen molar-refractivity contribution in [3.63, 3.8) is 0 Å². The van der Waals surface area contributed by atoms with Crippen molar-refractivity contribution in [1.29, 1.82) is 0 Å². The Morgan fingerprint density at radius 2 is 1.78 bits per heavy atom. The summed E-state index contributed by atoms with van der Waals surface area (Å²) in [7, 11) is 0. The van der Waals surface area contributed by atoms with Crippen molar-refractivity contribution in [3.8, 4) is 16.9 Å². The van der Waals surface area contributed by atoms with Gasteiger partial charge < -0.3 is 18.8 Å². The van der Waals surface area contributed by atoms with Gasteiger partial charge in [0.2, 0.25) is 5.91 Å². The van der Waals surface area contributed by atoms with E-state index in [2.05, 4.69) is 48.5 Å². The minimum absolute atomic E-state index is 0.00355. The molecule has 1 aliphatic heterocycles. The maximum atomic E-state index is 13.2. The third-order valence-electron chi connectivity index (χ3n) is 6.91. The van der Waals surface area contributed by atoms with Crippen LogP contribution in [0.2, 0.25) is 0 Å². The van der Waals surface area contributed by atoms with Gasteiger partial charge in [-0.15, -0.1) is 0 Å². The van der Waals surface area contributed by atoms with Crippen molar-refractivity contribution >= 4 is 33.2 Å². The summed E-state index contributed by atoms with van der Waals surface area (Å²) >= 11 is 0. The summed E-state index contributed by atoms with van der Waals surface area (Å²) in [5, 5.41) is 3.37. The van der Waals surface area contributed by atoms with E-state index in [1.54, 1.807) is 6.08 Å². The molecule has 36 heavy (non-hydrogen) atoms. The number of nitrogens with zero attached hydrogens (tertiary/aromatic N) is 1. The Kier molecular flexibility index (Phi) is 6.59. The molecule has 1 aliphatic rings. The Bertz CT molecular complexity index is 1450. The summed E-state index contributed by atoms with van der Waals surface area (Å²) in [6.07, 6.45) is 3.61. The fourth-order valence-corrected chi connectivity index (χ4v) is 5.32. The van der Waals surface area contributed by atoms with Crippen LogP contribution in [0.15, 0.2) is 65.3 Å². The number of hydrogen-bond acceptors (Lipinski definition) is 4. The maximum absolute atomic E-state index is 13.2. The van der Waals surface area contributed by atoms with Gasteiger partial charge in [-0.1, -0.05) is 42.5 Å². The van der Waals surface area contributed by atoms with Crippen LogP contribution < -0.4 is 4.74 Å². The number of ether oxygens (including phenoxy) is 2. The van der Waals surface area contributed by atoms with Gasteiger partial charge in [0.1, 0.15) is 11.3 Å². The molecule has 2 atom stereocenters. The first-order chi connectivity index (χ1) is 17.4. The predicted octanol–water partition coefficient (Wildman–Crippen LogP) is 7.00. The summed E-state index contributed by atoms with van der Waals surface area (Å²) in [4.78, 5) is 15.1. The molecule has 0 N–H and O–H groups in total. The smallest absolute Gasteiger partial charge is 0.247 e. The molecular weight excluding hydrogens is 450 g/mol. The highest BCUT2D eigenvalue weighted by Gasteiger charge is 2.26. The minimum Gasteiger partial charge on any atom is -0.493 e. The van der Waals surface area contributed by atoms with Crippen LogP contribution in [-0.2, 0) is 9.53 Å². The quantitative estimate of drug-likeness (QED) is 0.287. The number of furan rings is 1. The number of carbonyl (C=O) groups is 1. The fourth-order valence-electron chi connectivity index (χ4n) is 5.32. The number of amides is 1. The van der Waals surface area contributed by atoms with Crippen LogP contribution >= 0.6 is 0 Å². The number of allylic oxidation sites excluding steroid dienone is 1.